The summed E-state index contributed by atoms with van der Waals surface area (Å²) in [5.74, 6) is 0.847. The summed E-state index contributed by atoms with van der Waals surface area (Å²) in [6, 6.07) is 18.5. The van der Waals surface area contributed by atoms with E-state index in [-0.39, 0.29) is 0 Å². The molecule has 0 aliphatic heterocycles. The predicted molar refractivity (Wildman–Crippen MR) is 90.2 cm³/mol. The Balaban J connectivity index is 1.69. The molecule has 5 heteroatoms. The molecule has 0 unspecified atom stereocenters. The largest absolute Gasteiger partial charge is 0.212 e. The van der Waals surface area contributed by atoms with Gasteiger partial charge in [-0.25, -0.2) is 0 Å². The highest BCUT2D eigenvalue weighted by Gasteiger charge is 2.04. The predicted octanol–water partition coefficient (Wildman–Crippen LogP) is 3.76. The first-order chi connectivity index (χ1) is 10.8. The van der Waals surface area contributed by atoms with Crippen molar-refractivity contribution < 1.29 is 0 Å². The van der Waals surface area contributed by atoms with E-state index in [4.69, 9.17) is 0 Å². The van der Waals surface area contributed by atoms with E-state index in [1.54, 1.807) is 22.8 Å². The molecule has 4 nitrogen and oxygen atoms in total. The Kier molecular flexibility index (Phi) is 4.65. The average Bonchev–Trinajstić information content (AvgIpc) is 2.99. The van der Waals surface area contributed by atoms with Crippen molar-refractivity contribution in [2.75, 3.05) is 0 Å². The van der Waals surface area contributed by atoms with Gasteiger partial charge in [0.15, 0.2) is 0 Å². The van der Waals surface area contributed by atoms with Crippen LogP contribution in [0.2, 0.25) is 0 Å². The monoisotopic (exact) mass is 308 g/mol. The average molecular weight is 308 g/mol. The molecule has 3 aromatic rings. The van der Waals surface area contributed by atoms with E-state index in [0.29, 0.717) is 0 Å². The van der Waals surface area contributed by atoms with Crippen molar-refractivity contribution in [2.24, 2.45) is 5.10 Å². The van der Waals surface area contributed by atoms with Gasteiger partial charge in [0.25, 0.3) is 0 Å². The van der Waals surface area contributed by atoms with Crippen LogP contribution in [0.1, 0.15) is 16.7 Å². The van der Waals surface area contributed by atoms with E-state index < -0.39 is 0 Å². The second-order valence-electron chi connectivity index (χ2n) is 4.89. The van der Waals surface area contributed by atoms with Gasteiger partial charge in [0.2, 0.25) is 5.16 Å². The van der Waals surface area contributed by atoms with Gasteiger partial charge in [-0.15, -0.1) is 10.2 Å². The first kappa shape index (κ1) is 14.5. The molecule has 0 radical (unpaired) electrons. The maximum Gasteiger partial charge on any atom is 0.212 e. The van der Waals surface area contributed by atoms with Crippen molar-refractivity contribution in [3.63, 3.8) is 0 Å². The number of hydrogen-bond donors (Lipinski definition) is 0. The second-order valence-corrected chi connectivity index (χ2v) is 5.83. The van der Waals surface area contributed by atoms with Gasteiger partial charge < -0.3 is 0 Å². The molecule has 0 aliphatic rings. The molecule has 0 saturated heterocycles. The SMILES string of the molecule is Cc1cccc(/C=N/n2cnnc2SCc2ccccc2)c1. The van der Waals surface area contributed by atoms with Crippen LogP contribution in [0.25, 0.3) is 0 Å². The van der Waals surface area contributed by atoms with E-state index in [0.717, 1.165) is 16.5 Å². The summed E-state index contributed by atoms with van der Waals surface area (Å²) in [4.78, 5) is 0. The van der Waals surface area contributed by atoms with Gasteiger partial charge in [-0.2, -0.15) is 9.78 Å². The molecule has 1 aromatic heterocycles. The number of nitrogens with zero attached hydrogens (tertiary/aromatic N) is 4. The lowest BCUT2D eigenvalue weighted by molar-refractivity contribution is 0.767. The molecule has 0 spiro atoms. The first-order valence-electron chi connectivity index (χ1n) is 6.99. The van der Waals surface area contributed by atoms with Gasteiger partial charge in [0.1, 0.15) is 6.33 Å². The summed E-state index contributed by atoms with van der Waals surface area (Å²) in [5, 5.41) is 13.3. The third-order valence-electron chi connectivity index (χ3n) is 3.08. The number of rotatable bonds is 5. The maximum atomic E-state index is 4.44. The van der Waals surface area contributed by atoms with Gasteiger partial charge in [0.05, 0.1) is 6.21 Å². The molecule has 0 N–H and O–H groups in total. The van der Waals surface area contributed by atoms with Crippen LogP contribution in [-0.4, -0.2) is 21.1 Å². The molecule has 0 aliphatic carbocycles. The Morgan fingerprint density at radius 3 is 2.82 bits per heavy atom. The Morgan fingerprint density at radius 2 is 2.00 bits per heavy atom. The topological polar surface area (TPSA) is 43.1 Å². The number of hydrogen-bond acceptors (Lipinski definition) is 4. The minimum atomic E-state index is 0.785. The van der Waals surface area contributed by atoms with Gasteiger partial charge >= 0.3 is 0 Å². The quantitative estimate of drug-likeness (QED) is 0.532. The Morgan fingerprint density at radius 1 is 1.14 bits per heavy atom. The molecule has 22 heavy (non-hydrogen) atoms. The minimum absolute atomic E-state index is 0.785. The lowest BCUT2D eigenvalue weighted by atomic mass is 10.2. The van der Waals surface area contributed by atoms with Crippen LogP contribution in [0.15, 0.2) is 71.2 Å². The van der Waals surface area contributed by atoms with Crippen LogP contribution in [0.3, 0.4) is 0 Å². The standard InChI is InChI=1S/C17H16N4S/c1-14-6-5-9-16(10-14)11-19-21-13-18-20-17(21)22-12-15-7-3-2-4-8-15/h2-11,13H,12H2,1H3/b19-11+. The fraction of sp³-hybridized carbons (Fsp3) is 0.118. The highest BCUT2D eigenvalue weighted by Crippen LogP contribution is 2.20. The molecule has 0 saturated carbocycles. The Labute approximate surface area is 133 Å². The highest BCUT2D eigenvalue weighted by molar-refractivity contribution is 7.98. The molecular formula is C17H16N4S. The fourth-order valence-corrected chi connectivity index (χ4v) is 2.81. The van der Waals surface area contributed by atoms with Crippen molar-refractivity contribution >= 4 is 18.0 Å². The van der Waals surface area contributed by atoms with Crippen LogP contribution >= 0.6 is 11.8 Å². The third-order valence-corrected chi connectivity index (χ3v) is 4.09. The van der Waals surface area contributed by atoms with E-state index >= 15 is 0 Å². The zero-order valence-electron chi connectivity index (χ0n) is 12.3. The summed E-state index contributed by atoms with van der Waals surface area (Å²) >= 11 is 1.62. The minimum Gasteiger partial charge on any atom is -0.195 e. The van der Waals surface area contributed by atoms with E-state index in [1.807, 2.05) is 36.5 Å². The Bertz CT molecular complexity index is 765. The van der Waals surface area contributed by atoms with Crippen LogP contribution in [-0.2, 0) is 5.75 Å². The van der Waals surface area contributed by atoms with Gasteiger partial charge in [-0.3, -0.25) is 0 Å². The summed E-state index contributed by atoms with van der Waals surface area (Å²) < 4.78 is 1.70. The lowest BCUT2D eigenvalue weighted by Gasteiger charge is -2.01. The van der Waals surface area contributed by atoms with Crippen molar-refractivity contribution in [2.45, 2.75) is 17.8 Å². The van der Waals surface area contributed by atoms with Gasteiger partial charge in [0, 0.05) is 5.75 Å². The van der Waals surface area contributed by atoms with E-state index in [1.165, 1.54) is 11.1 Å². The van der Waals surface area contributed by atoms with Crippen molar-refractivity contribution in [1.82, 2.24) is 14.9 Å². The van der Waals surface area contributed by atoms with Crippen LogP contribution in [0.4, 0.5) is 0 Å². The molecule has 1 heterocycles. The number of benzene rings is 2. The number of aromatic nitrogens is 3. The van der Waals surface area contributed by atoms with E-state index in [9.17, 15) is 0 Å². The van der Waals surface area contributed by atoms with Crippen LogP contribution in [0, 0.1) is 6.92 Å². The number of thioether (sulfide) groups is 1. The first-order valence-corrected chi connectivity index (χ1v) is 7.97. The molecule has 110 valence electrons. The summed E-state index contributed by atoms with van der Waals surface area (Å²) in [7, 11) is 0. The summed E-state index contributed by atoms with van der Waals surface area (Å²) in [6.45, 7) is 2.07. The maximum absolute atomic E-state index is 4.44. The van der Waals surface area contributed by atoms with Crippen LogP contribution < -0.4 is 0 Å². The Hall–Kier alpha value is -2.40. The molecule has 0 fully saturated rings. The lowest BCUT2D eigenvalue weighted by Crippen LogP contribution is -1.93. The zero-order valence-corrected chi connectivity index (χ0v) is 13.1. The number of aryl methyl sites for hydroxylation is 1. The zero-order chi connectivity index (χ0) is 15.2. The molecule has 0 bridgehead atoms. The fourth-order valence-electron chi connectivity index (χ4n) is 1.99. The highest BCUT2D eigenvalue weighted by atomic mass is 32.2. The van der Waals surface area contributed by atoms with Gasteiger partial charge in [-0.05, 0) is 18.1 Å². The van der Waals surface area contributed by atoms with Crippen molar-refractivity contribution in [1.29, 1.82) is 0 Å². The summed E-state index contributed by atoms with van der Waals surface area (Å²) in [6.07, 6.45) is 3.45. The molecule has 3 rings (SSSR count). The van der Waals surface area contributed by atoms with Crippen molar-refractivity contribution in [3.8, 4) is 0 Å². The van der Waals surface area contributed by atoms with Gasteiger partial charge in [-0.1, -0.05) is 71.9 Å². The molecule has 0 atom stereocenters. The summed E-state index contributed by atoms with van der Waals surface area (Å²) in [5.41, 5.74) is 3.53. The third kappa shape index (κ3) is 3.83. The van der Waals surface area contributed by atoms with Crippen LogP contribution in [0.5, 0.6) is 0 Å². The van der Waals surface area contributed by atoms with E-state index in [2.05, 4.69) is 46.5 Å². The molecular weight excluding hydrogens is 292 g/mol. The second kappa shape index (κ2) is 7.04. The van der Waals surface area contributed by atoms with Crippen molar-refractivity contribution in [3.05, 3.63) is 77.6 Å². The normalized spacial score (nSPS) is 11.1. The smallest absolute Gasteiger partial charge is 0.195 e. The molecule has 2 aromatic carbocycles. The molecule has 0 amide bonds.